The second-order valence-electron chi connectivity index (χ2n) is 6.31. The van der Waals surface area contributed by atoms with Crippen LogP contribution in [-0.4, -0.2) is 36.2 Å². The molecule has 1 aliphatic rings. The Kier molecular flexibility index (Phi) is 7.13. The Morgan fingerprint density at radius 1 is 1.11 bits per heavy atom. The first-order chi connectivity index (χ1) is 13.5. The molecule has 28 heavy (non-hydrogen) atoms. The molecule has 2 amide bonds. The summed E-state index contributed by atoms with van der Waals surface area (Å²) in [7, 11) is 0. The van der Waals surface area contributed by atoms with Crippen molar-refractivity contribution in [2.75, 3.05) is 18.5 Å². The summed E-state index contributed by atoms with van der Waals surface area (Å²) in [4.78, 5) is 24.5. The van der Waals surface area contributed by atoms with Gasteiger partial charge in [-0.3, -0.25) is 14.9 Å². The van der Waals surface area contributed by atoms with E-state index in [0.717, 1.165) is 19.4 Å². The largest absolute Gasteiger partial charge is 0.376 e. The van der Waals surface area contributed by atoms with E-state index >= 15 is 0 Å². The molecule has 1 fully saturated rings. The SMILES string of the molecule is O=C(NCC1CCCO1)c1ccc(NC(=S)NC(=O)c2ccccc2Br)cc1. The molecule has 0 saturated carbocycles. The average Bonchev–Trinajstić information content (AvgIpc) is 3.20. The fourth-order valence-electron chi connectivity index (χ4n) is 2.80. The van der Waals surface area contributed by atoms with Crippen LogP contribution in [0.3, 0.4) is 0 Å². The average molecular weight is 462 g/mol. The normalized spacial score (nSPS) is 15.7. The summed E-state index contributed by atoms with van der Waals surface area (Å²) < 4.78 is 6.19. The van der Waals surface area contributed by atoms with E-state index < -0.39 is 0 Å². The van der Waals surface area contributed by atoms with Crippen LogP contribution >= 0.6 is 28.1 Å². The molecular weight excluding hydrogens is 442 g/mol. The lowest BCUT2D eigenvalue weighted by Gasteiger charge is -2.12. The van der Waals surface area contributed by atoms with Gasteiger partial charge in [0.2, 0.25) is 0 Å². The Balaban J connectivity index is 1.50. The second-order valence-corrected chi connectivity index (χ2v) is 7.57. The number of carbonyl (C=O) groups excluding carboxylic acids is 2. The van der Waals surface area contributed by atoms with Crippen molar-refractivity contribution in [2.45, 2.75) is 18.9 Å². The predicted molar refractivity (Wildman–Crippen MR) is 116 cm³/mol. The highest BCUT2D eigenvalue weighted by Gasteiger charge is 2.16. The number of ether oxygens (including phenoxy) is 1. The standard InChI is InChI=1S/C20H20BrN3O3S/c21-17-6-2-1-5-16(17)19(26)24-20(28)23-14-9-7-13(8-10-14)18(25)22-12-15-4-3-11-27-15/h1-2,5-10,15H,3-4,11-12H2,(H,22,25)(H2,23,24,26,28). The zero-order valence-corrected chi connectivity index (χ0v) is 17.4. The Morgan fingerprint density at radius 3 is 2.54 bits per heavy atom. The summed E-state index contributed by atoms with van der Waals surface area (Å²) >= 11 is 8.53. The third-order valence-electron chi connectivity index (χ3n) is 4.26. The van der Waals surface area contributed by atoms with Crippen molar-refractivity contribution in [3.8, 4) is 0 Å². The van der Waals surface area contributed by atoms with Crippen LogP contribution in [0.4, 0.5) is 5.69 Å². The van der Waals surface area contributed by atoms with Gasteiger partial charge in [-0.25, -0.2) is 0 Å². The zero-order chi connectivity index (χ0) is 19.9. The lowest BCUT2D eigenvalue weighted by atomic mass is 10.2. The Bertz CT molecular complexity index is 867. The van der Waals surface area contributed by atoms with Gasteiger partial charge >= 0.3 is 0 Å². The molecule has 0 spiro atoms. The zero-order valence-electron chi connectivity index (χ0n) is 15.0. The molecule has 1 unspecified atom stereocenters. The summed E-state index contributed by atoms with van der Waals surface area (Å²) in [6, 6.07) is 14.0. The van der Waals surface area contributed by atoms with Gasteiger partial charge in [-0.15, -0.1) is 0 Å². The van der Waals surface area contributed by atoms with E-state index in [0.29, 0.717) is 27.8 Å². The summed E-state index contributed by atoms with van der Waals surface area (Å²) in [6.45, 7) is 1.28. The van der Waals surface area contributed by atoms with Crippen LogP contribution in [0.2, 0.25) is 0 Å². The van der Waals surface area contributed by atoms with Gasteiger partial charge < -0.3 is 15.4 Å². The van der Waals surface area contributed by atoms with E-state index in [2.05, 4.69) is 31.9 Å². The number of anilines is 1. The lowest BCUT2D eigenvalue weighted by molar-refractivity contribution is 0.0857. The van der Waals surface area contributed by atoms with Crippen molar-refractivity contribution in [3.05, 3.63) is 64.1 Å². The maximum Gasteiger partial charge on any atom is 0.258 e. The monoisotopic (exact) mass is 461 g/mol. The molecule has 2 aromatic rings. The highest BCUT2D eigenvalue weighted by atomic mass is 79.9. The van der Waals surface area contributed by atoms with Crippen LogP contribution in [0, 0.1) is 0 Å². The van der Waals surface area contributed by atoms with Gasteiger partial charge in [0.15, 0.2) is 5.11 Å². The molecule has 8 heteroatoms. The highest BCUT2D eigenvalue weighted by molar-refractivity contribution is 9.10. The van der Waals surface area contributed by atoms with Crippen molar-refractivity contribution in [3.63, 3.8) is 0 Å². The number of amides is 2. The minimum absolute atomic E-state index is 0.107. The molecule has 0 aromatic heterocycles. The molecule has 1 heterocycles. The Hall–Kier alpha value is -2.29. The molecule has 0 bridgehead atoms. The summed E-state index contributed by atoms with van der Waals surface area (Å²) in [5.74, 6) is -0.457. The number of benzene rings is 2. The van der Waals surface area contributed by atoms with Crippen molar-refractivity contribution in [1.29, 1.82) is 0 Å². The van der Waals surface area contributed by atoms with E-state index in [1.165, 1.54) is 0 Å². The highest BCUT2D eigenvalue weighted by Crippen LogP contribution is 2.16. The number of rotatable bonds is 5. The van der Waals surface area contributed by atoms with Crippen molar-refractivity contribution < 1.29 is 14.3 Å². The molecular formula is C20H20BrN3O3S. The minimum Gasteiger partial charge on any atom is -0.376 e. The van der Waals surface area contributed by atoms with Crippen LogP contribution in [-0.2, 0) is 4.74 Å². The lowest BCUT2D eigenvalue weighted by Crippen LogP contribution is -2.34. The molecule has 2 aromatic carbocycles. The first-order valence-electron chi connectivity index (χ1n) is 8.89. The molecule has 1 atom stereocenters. The smallest absolute Gasteiger partial charge is 0.258 e. The molecule has 6 nitrogen and oxygen atoms in total. The van der Waals surface area contributed by atoms with Gasteiger partial charge in [0.25, 0.3) is 11.8 Å². The van der Waals surface area contributed by atoms with E-state index in [4.69, 9.17) is 17.0 Å². The van der Waals surface area contributed by atoms with Gasteiger partial charge in [0, 0.05) is 28.9 Å². The fourth-order valence-corrected chi connectivity index (χ4v) is 3.47. The van der Waals surface area contributed by atoms with Gasteiger partial charge in [-0.05, 0) is 77.4 Å². The Labute approximate surface area is 177 Å². The number of hydrogen-bond acceptors (Lipinski definition) is 4. The van der Waals surface area contributed by atoms with Gasteiger partial charge in [0.1, 0.15) is 0 Å². The maximum absolute atomic E-state index is 12.3. The van der Waals surface area contributed by atoms with Crippen molar-refractivity contribution in [2.24, 2.45) is 0 Å². The number of halogens is 1. The molecule has 0 radical (unpaired) electrons. The molecule has 3 rings (SSSR count). The molecule has 146 valence electrons. The first kappa shape index (κ1) is 20.4. The third kappa shape index (κ3) is 5.60. The van der Waals surface area contributed by atoms with E-state index in [9.17, 15) is 9.59 Å². The maximum atomic E-state index is 12.3. The van der Waals surface area contributed by atoms with E-state index in [-0.39, 0.29) is 23.0 Å². The molecule has 1 saturated heterocycles. The van der Waals surface area contributed by atoms with Gasteiger partial charge in [-0.1, -0.05) is 12.1 Å². The number of carbonyl (C=O) groups is 2. The minimum atomic E-state index is -0.310. The Morgan fingerprint density at radius 2 is 1.86 bits per heavy atom. The summed E-state index contributed by atoms with van der Waals surface area (Å²) in [5, 5.41) is 8.63. The van der Waals surface area contributed by atoms with Crippen LogP contribution in [0.1, 0.15) is 33.6 Å². The van der Waals surface area contributed by atoms with Crippen LogP contribution in [0.15, 0.2) is 53.0 Å². The number of thiocarbonyl (C=S) groups is 1. The molecule has 3 N–H and O–H groups in total. The van der Waals surface area contributed by atoms with E-state index in [1.54, 1.807) is 42.5 Å². The number of nitrogens with one attached hydrogen (secondary N) is 3. The van der Waals surface area contributed by atoms with Crippen molar-refractivity contribution in [1.82, 2.24) is 10.6 Å². The second kappa shape index (κ2) is 9.77. The third-order valence-corrected chi connectivity index (χ3v) is 5.16. The van der Waals surface area contributed by atoms with Crippen LogP contribution in [0.5, 0.6) is 0 Å². The molecule has 0 aliphatic carbocycles. The fraction of sp³-hybridized carbons (Fsp3) is 0.250. The topological polar surface area (TPSA) is 79.5 Å². The number of hydrogen-bond donors (Lipinski definition) is 3. The quantitative estimate of drug-likeness (QED) is 0.593. The van der Waals surface area contributed by atoms with Crippen LogP contribution in [0.25, 0.3) is 0 Å². The van der Waals surface area contributed by atoms with Crippen molar-refractivity contribution >= 4 is 50.8 Å². The first-order valence-corrected chi connectivity index (χ1v) is 10.1. The summed E-state index contributed by atoms with van der Waals surface area (Å²) in [5.41, 5.74) is 1.71. The summed E-state index contributed by atoms with van der Waals surface area (Å²) in [6.07, 6.45) is 2.13. The molecule has 1 aliphatic heterocycles. The van der Waals surface area contributed by atoms with Gasteiger partial charge in [-0.2, -0.15) is 0 Å². The van der Waals surface area contributed by atoms with E-state index in [1.807, 2.05) is 6.07 Å². The van der Waals surface area contributed by atoms with Crippen LogP contribution < -0.4 is 16.0 Å². The predicted octanol–water partition coefficient (Wildman–Crippen LogP) is 3.48. The van der Waals surface area contributed by atoms with Gasteiger partial charge in [0.05, 0.1) is 11.7 Å².